The molecule has 0 aliphatic heterocycles. The van der Waals surface area contributed by atoms with E-state index in [4.69, 9.17) is 27.8 Å². The molecule has 0 radical (unpaired) electrons. The van der Waals surface area contributed by atoms with Gasteiger partial charge >= 0.3 is 0 Å². The molecule has 2 aromatic carbocycles. The summed E-state index contributed by atoms with van der Waals surface area (Å²) in [5.74, 6) is 0.0265. The Morgan fingerprint density at radius 3 is 2.62 bits per heavy atom. The summed E-state index contributed by atoms with van der Waals surface area (Å²) in [7, 11) is -2.55. The van der Waals surface area contributed by atoms with E-state index in [1.807, 2.05) is 0 Å². The number of hydrogen-bond acceptors (Lipinski definition) is 5. The minimum absolute atomic E-state index is 0.0626. The van der Waals surface area contributed by atoms with Crippen molar-refractivity contribution >= 4 is 49.9 Å². The maximum Gasteiger partial charge on any atom is 0.265 e. The predicted molar refractivity (Wildman–Crippen MR) is 115 cm³/mol. The van der Waals surface area contributed by atoms with Crippen molar-refractivity contribution in [3.05, 3.63) is 53.2 Å². The third-order valence-corrected chi connectivity index (χ3v) is 5.69. The molecule has 1 heterocycles. The lowest BCUT2D eigenvalue weighted by atomic mass is 10.1. The number of ether oxygens (including phenoxy) is 1. The van der Waals surface area contributed by atoms with E-state index in [0.717, 1.165) is 16.5 Å². The molecular formula is C18H19ClN6O3S. The average Bonchev–Trinajstić information content (AvgIpc) is 3.09. The molecule has 0 spiro atoms. The quantitative estimate of drug-likeness (QED) is 0.267. The van der Waals surface area contributed by atoms with Crippen LogP contribution in [0.25, 0.3) is 10.9 Å². The molecular weight excluding hydrogens is 416 g/mol. The molecule has 1 aromatic heterocycles. The van der Waals surface area contributed by atoms with Gasteiger partial charge in [-0.25, -0.2) is 8.42 Å². The number of benzene rings is 2. The smallest absolute Gasteiger partial charge is 0.265 e. The van der Waals surface area contributed by atoms with E-state index in [1.54, 1.807) is 37.4 Å². The highest BCUT2D eigenvalue weighted by Crippen LogP contribution is 2.30. The number of halogens is 1. The van der Waals surface area contributed by atoms with Crippen LogP contribution in [-0.2, 0) is 10.0 Å². The molecule has 0 atom stereocenters. The summed E-state index contributed by atoms with van der Waals surface area (Å²) < 4.78 is 33.4. The van der Waals surface area contributed by atoms with Gasteiger partial charge in [0.1, 0.15) is 10.6 Å². The number of methoxy groups -OCH3 is 1. The normalized spacial score (nSPS) is 12.0. The van der Waals surface area contributed by atoms with Crippen molar-refractivity contribution in [2.45, 2.75) is 11.8 Å². The van der Waals surface area contributed by atoms with E-state index in [-0.39, 0.29) is 21.6 Å². The first-order valence-electron chi connectivity index (χ1n) is 8.32. The number of aromatic nitrogens is 1. The minimum atomic E-state index is -3.94. The summed E-state index contributed by atoms with van der Waals surface area (Å²) in [6.45, 7) is 1.74. The van der Waals surface area contributed by atoms with Crippen LogP contribution in [0.15, 0.2) is 57.7 Å². The summed E-state index contributed by atoms with van der Waals surface area (Å²) in [6, 6.07) is 9.45. The Balaban J connectivity index is 2.01. The molecule has 0 bridgehead atoms. The van der Waals surface area contributed by atoms with Crippen LogP contribution in [0.3, 0.4) is 0 Å². The number of rotatable bonds is 6. The number of nitrogens with one attached hydrogen (secondary N) is 2. The van der Waals surface area contributed by atoms with Gasteiger partial charge in [0.2, 0.25) is 5.96 Å². The number of nitrogens with two attached hydrogens (primary N) is 2. The molecule has 0 aliphatic rings. The first-order chi connectivity index (χ1) is 13.7. The number of nitrogens with zero attached hydrogens (tertiary/aromatic N) is 2. The highest BCUT2D eigenvalue weighted by atomic mass is 35.5. The average molecular weight is 435 g/mol. The molecule has 3 aromatic rings. The Morgan fingerprint density at radius 2 is 1.93 bits per heavy atom. The van der Waals surface area contributed by atoms with E-state index < -0.39 is 10.0 Å². The number of aromatic amines is 1. The molecule has 0 saturated heterocycles. The number of sulfonamides is 1. The van der Waals surface area contributed by atoms with Crippen molar-refractivity contribution in [2.75, 3.05) is 11.8 Å². The van der Waals surface area contributed by atoms with Gasteiger partial charge in [-0.05, 0) is 43.3 Å². The summed E-state index contributed by atoms with van der Waals surface area (Å²) in [4.78, 5) is 3.04. The van der Waals surface area contributed by atoms with Gasteiger partial charge in [0.25, 0.3) is 10.0 Å². The maximum atomic E-state index is 12.9. The third-order valence-electron chi connectivity index (χ3n) is 4.05. The van der Waals surface area contributed by atoms with E-state index in [2.05, 4.69) is 19.9 Å². The first kappa shape index (κ1) is 20.5. The maximum absolute atomic E-state index is 12.9. The molecule has 0 saturated carbocycles. The van der Waals surface area contributed by atoms with Crippen molar-refractivity contribution in [1.29, 1.82) is 0 Å². The monoisotopic (exact) mass is 434 g/mol. The first-order valence-corrected chi connectivity index (χ1v) is 10.2. The van der Waals surface area contributed by atoms with Gasteiger partial charge in [-0.2, -0.15) is 5.10 Å². The van der Waals surface area contributed by atoms with E-state index >= 15 is 0 Å². The topological polar surface area (TPSA) is 148 Å². The summed E-state index contributed by atoms with van der Waals surface area (Å²) in [5, 5.41) is 8.63. The molecule has 29 heavy (non-hydrogen) atoms. The summed E-state index contributed by atoms with van der Waals surface area (Å²) in [5.41, 5.74) is 13.0. The zero-order chi connectivity index (χ0) is 21.2. The predicted octanol–water partition coefficient (Wildman–Crippen LogP) is 2.63. The van der Waals surface area contributed by atoms with E-state index in [0.29, 0.717) is 11.4 Å². The SMILES string of the molecule is COc1ccc(Cl)cc1S(=O)(=O)Nc1ccc2[nH]cc(/C(C)=N/N=C(N)N)c2c1. The van der Waals surface area contributed by atoms with Gasteiger partial charge in [-0.3, -0.25) is 4.72 Å². The molecule has 0 unspecified atom stereocenters. The molecule has 0 amide bonds. The van der Waals surface area contributed by atoms with E-state index in [9.17, 15) is 8.42 Å². The number of H-pyrrole nitrogens is 1. The standard InChI is InChI=1S/C18H19ClN6O3S/c1-10(23-24-18(20)21)14-9-22-15-5-4-12(8-13(14)15)25-29(26,27)17-7-11(19)3-6-16(17)28-2/h3-9,22,25H,1-2H3,(H4,20,21,24)/b23-10+. The number of hydrogen-bond donors (Lipinski definition) is 4. The van der Waals surface area contributed by atoms with Gasteiger partial charge in [-0.1, -0.05) is 11.6 Å². The number of guanidine groups is 1. The Kier molecular flexibility index (Phi) is 5.66. The second-order valence-corrected chi connectivity index (χ2v) is 8.16. The van der Waals surface area contributed by atoms with E-state index in [1.165, 1.54) is 19.2 Å². The fourth-order valence-electron chi connectivity index (χ4n) is 2.74. The number of fused-ring (bicyclic) bond motifs is 1. The van der Waals surface area contributed by atoms with Crippen LogP contribution in [0.2, 0.25) is 5.02 Å². The van der Waals surface area contributed by atoms with Gasteiger partial charge < -0.3 is 21.2 Å². The Morgan fingerprint density at radius 1 is 1.17 bits per heavy atom. The summed E-state index contributed by atoms with van der Waals surface area (Å²) in [6.07, 6.45) is 1.74. The van der Waals surface area contributed by atoms with Crippen LogP contribution in [0.4, 0.5) is 5.69 Å². The fraction of sp³-hybridized carbons (Fsp3) is 0.111. The highest BCUT2D eigenvalue weighted by Gasteiger charge is 2.21. The van der Waals surface area contributed by atoms with Crippen molar-refractivity contribution in [2.24, 2.45) is 21.7 Å². The molecule has 0 aliphatic carbocycles. The molecule has 11 heteroatoms. The van der Waals surface area contributed by atoms with Crippen molar-refractivity contribution < 1.29 is 13.2 Å². The Hall–Kier alpha value is -3.24. The second-order valence-electron chi connectivity index (χ2n) is 6.07. The highest BCUT2D eigenvalue weighted by molar-refractivity contribution is 7.92. The minimum Gasteiger partial charge on any atom is -0.495 e. The van der Waals surface area contributed by atoms with Crippen molar-refractivity contribution in [3.63, 3.8) is 0 Å². The van der Waals surface area contributed by atoms with Gasteiger partial charge in [-0.15, -0.1) is 5.10 Å². The lowest BCUT2D eigenvalue weighted by Crippen LogP contribution is -2.22. The largest absolute Gasteiger partial charge is 0.495 e. The molecule has 3 rings (SSSR count). The lowest BCUT2D eigenvalue weighted by molar-refractivity contribution is 0.403. The third kappa shape index (κ3) is 4.44. The molecule has 9 nitrogen and oxygen atoms in total. The van der Waals surface area contributed by atoms with Crippen molar-refractivity contribution in [1.82, 2.24) is 4.98 Å². The molecule has 0 fully saturated rings. The van der Waals surface area contributed by atoms with Crippen LogP contribution in [0.1, 0.15) is 12.5 Å². The van der Waals surface area contributed by atoms with Crippen LogP contribution in [0, 0.1) is 0 Å². The van der Waals surface area contributed by atoms with Gasteiger partial charge in [0.05, 0.1) is 12.8 Å². The molecule has 6 N–H and O–H groups in total. The Bertz CT molecular complexity index is 1230. The zero-order valence-corrected chi connectivity index (χ0v) is 17.2. The van der Waals surface area contributed by atoms with Gasteiger partial charge in [0.15, 0.2) is 0 Å². The van der Waals surface area contributed by atoms with Crippen LogP contribution >= 0.6 is 11.6 Å². The number of anilines is 1. The Labute approximate surface area is 172 Å². The fourth-order valence-corrected chi connectivity index (χ4v) is 4.22. The summed E-state index contributed by atoms with van der Waals surface area (Å²) >= 11 is 5.96. The van der Waals surface area contributed by atoms with Gasteiger partial charge in [0, 0.05) is 33.4 Å². The van der Waals surface area contributed by atoms with Crippen LogP contribution in [0.5, 0.6) is 5.75 Å². The van der Waals surface area contributed by atoms with Crippen molar-refractivity contribution in [3.8, 4) is 5.75 Å². The molecule has 152 valence electrons. The zero-order valence-electron chi connectivity index (χ0n) is 15.6. The second kappa shape index (κ2) is 8.02. The lowest BCUT2D eigenvalue weighted by Gasteiger charge is -2.12. The van der Waals surface area contributed by atoms with Crippen LogP contribution in [-0.4, -0.2) is 32.2 Å². The van der Waals surface area contributed by atoms with Crippen LogP contribution < -0.4 is 20.9 Å².